The lowest BCUT2D eigenvalue weighted by Gasteiger charge is -2.26. The molecule has 0 unspecified atom stereocenters. The molecule has 1 saturated heterocycles. The van der Waals surface area contributed by atoms with E-state index in [1.807, 2.05) is 6.92 Å². The number of carbonyl (C=O) groups excluding carboxylic acids is 1. The Morgan fingerprint density at radius 2 is 2.33 bits per heavy atom. The Morgan fingerprint density at radius 3 is 2.86 bits per heavy atom. The Morgan fingerprint density at radius 1 is 1.62 bits per heavy atom. The van der Waals surface area contributed by atoms with E-state index in [1.165, 1.54) is 17.2 Å². The Hall–Kier alpha value is -1.93. The molecule has 2 N–H and O–H groups in total. The first-order valence-electron chi connectivity index (χ1n) is 6.96. The molecule has 21 heavy (non-hydrogen) atoms. The van der Waals surface area contributed by atoms with Gasteiger partial charge in [-0.05, 0) is 6.42 Å². The number of amides is 1. The van der Waals surface area contributed by atoms with Crippen molar-refractivity contribution in [3.05, 3.63) is 28.1 Å². The maximum atomic E-state index is 12.6. The molecule has 1 aliphatic heterocycles. The summed E-state index contributed by atoms with van der Waals surface area (Å²) < 4.78 is 1.60. The molecule has 2 atom stereocenters. The number of likely N-dealkylation sites (N-methyl/N-ethyl adjacent to an activating group) is 1. The molecule has 0 saturated carbocycles. The maximum absolute atomic E-state index is 12.6. The summed E-state index contributed by atoms with van der Waals surface area (Å²) in [6, 6.07) is 0.977. The van der Waals surface area contributed by atoms with Crippen molar-refractivity contribution < 1.29 is 14.8 Å². The minimum Gasteiger partial charge on any atom is -0.390 e. The summed E-state index contributed by atoms with van der Waals surface area (Å²) >= 11 is 0. The van der Waals surface area contributed by atoms with E-state index in [1.54, 1.807) is 11.6 Å². The molecule has 0 aromatic carbocycles. The average Bonchev–Trinajstić information content (AvgIpc) is 3.04. The fraction of sp³-hybridized carbons (Fsp3) is 0.615. The highest BCUT2D eigenvalue weighted by atomic mass is 16.6. The maximum Gasteiger partial charge on any atom is 0.287 e. The second kappa shape index (κ2) is 6.23. The van der Waals surface area contributed by atoms with Gasteiger partial charge in [0.05, 0.1) is 23.3 Å². The van der Waals surface area contributed by atoms with Crippen LogP contribution in [-0.2, 0) is 6.54 Å². The first-order valence-corrected chi connectivity index (χ1v) is 6.96. The minimum absolute atomic E-state index is 0.0923. The van der Waals surface area contributed by atoms with Crippen molar-refractivity contribution in [2.45, 2.75) is 32.0 Å². The van der Waals surface area contributed by atoms with Gasteiger partial charge in [-0.15, -0.1) is 0 Å². The highest BCUT2D eigenvalue weighted by Crippen LogP contribution is 2.20. The molecule has 0 spiro atoms. The van der Waals surface area contributed by atoms with Crippen LogP contribution in [0.3, 0.4) is 0 Å². The SMILES string of the molecule is CCCn1cc([N+](=O)[O-])cc1C(=O)N(C)[C@H]1CNC[C@@H]1O. The van der Waals surface area contributed by atoms with Crippen molar-refractivity contribution in [1.82, 2.24) is 14.8 Å². The van der Waals surface area contributed by atoms with Crippen LogP contribution >= 0.6 is 0 Å². The summed E-state index contributed by atoms with van der Waals surface area (Å²) in [5.74, 6) is -0.315. The van der Waals surface area contributed by atoms with Crippen LogP contribution in [-0.4, -0.2) is 57.7 Å². The van der Waals surface area contributed by atoms with Crippen molar-refractivity contribution in [2.24, 2.45) is 0 Å². The van der Waals surface area contributed by atoms with E-state index in [0.29, 0.717) is 19.6 Å². The molecule has 8 heteroatoms. The van der Waals surface area contributed by atoms with Gasteiger partial charge in [0.1, 0.15) is 5.69 Å². The van der Waals surface area contributed by atoms with Gasteiger partial charge in [0.15, 0.2) is 0 Å². The molecule has 2 rings (SSSR count). The number of hydrogen-bond acceptors (Lipinski definition) is 5. The lowest BCUT2D eigenvalue weighted by atomic mass is 10.2. The van der Waals surface area contributed by atoms with E-state index in [-0.39, 0.29) is 23.3 Å². The summed E-state index contributed by atoms with van der Waals surface area (Å²) in [4.78, 5) is 24.4. The van der Waals surface area contributed by atoms with Crippen LogP contribution < -0.4 is 5.32 Å². The molecule has 2 heterocycles. The number of nitrogens with zero attached hydrogens (tertiary/aromatic N) is 3. The Bertz CT molecular complexity index is 542. The van der Waals surface area contributed by atoms with Crippen LogP contribution in [0.25, 0.3) is 0 Å². The molecular weight excluding hydrogens is 276 g/mol. The van der Waals surface area contributed by atoms with Crippen LogP contribution in [0.2, 0.25) is 0 Å². The van der Waals surface area contributed by atoms with Crippen LogP contribution in [0.4, 0.5) is 5.69 Å². The zero-order valence-corrected chi connectivity index (χ0v) is 12.2. The van der Waals surface area contributed by atoms with Crippen LogP contribution in [0.15, 0.2) is 12.3 Å². The molecule has 0 bridgehead atoms. The molecule has 1 fully saturated rings. The first-order chi connectivity index (χ1) is 9.95. The Kier molecular flexibility index (Phi) is 4.59. The lowest BCUT2D eigenvalue weighted by Crippen LogP contribution is -2.44. The number of aliphatic hydroxyl groups is 1. The van der Waals surface area contributed by atoms with E-state index < -0.39 is 11.0 Å². The number of aliphatic hydroxyl groups excluding tert-OH is 1. The fourth-order valence-corrected chi connectivity index (χ4v) is 2.58. The van der Waals surface area contributed by atoms with Crippen molar-refractivity contribution >= 4 is 11.6 Å². The predicted molar refractivity (Wildman–Crippen MR) is 76.1 cm³/mol. The number of rotatable bonds is 5. The summed E-state index contributed by atoms with van der Waals surface area (Å²) in [6.45, 7) is 3.43. The highest BCUT2D eigenvalue weighted by molar-refractivity contribution is 5.93. The quantitative estimate of drug-likeness (QED) is 0.597. The standard InChI is InChI=1S/C13H20N4O4/c1-3-4-16-8-9(17(20)21)5-10(16)13(19)15(2)11-6-14-7-12(11)18/h5,8,11-12,14,18H,3-4,6-7H2,1-2H3/t11-,12-/m0/s1. The second-order valence-corrected chi connectivity index (χ2v) is 5.24. The number of β-amino-alcohol motifs (C(OH)–C–C–N with tert-alkyl or cyclic N) is 1. The van der Waals surface area contributed by atoms with Gasteiger partial charge < -0.3 is 19.9 Å². The number of nitro groups is 1. The van der Waals surface area contributed by atoms with Gasteiger partial charge in [-0.2, -0.15) is 0 Å². The molecule has 1 aromatic heterocycles. The number of hydrogen-bond donors (Lipinski definition) is 2. The summed E-state index contributed by atoms with van der Waals surface area (Å²) in [5.41, 5.74) is 0.190. The minimum atomic E-state index is -0.622. The van der Waals surface area contributed by atoms with E-state index in [2.05, 4.69) is 5.32 Å². The van der Waals surface area contributed by atoms with E-state index in [9.17, 15) is 20.0 Å². The normalized spacial score (nSPS) is 21.5. The van der Waals surface area contributed by atoms with Crippen molar-refractivity contribution in [2.75, 3.05) is 20.1 Å². The number of carbonyl (C=O) groups is 1. The van der Waals surface area contributed by atoms with Gasteiger partial charge in [0, 0.05) is 32.7 Å². The molecule has 1 amide bonds. The first kappa shape index (κ1) is 15.5. The van der Waals surface area contributed by atoms with Gasteiger partial charge in [-0.3, -0.25) is 14.9 Å². The highest BCUT2D eigenvalue weighted by Gasteiger charge is 2.33. The summed E-state index contributed by atoms with van der Waals surface area (Å²) in [6.07, 6.45) is 1.53. The smallest absolute Gasteiger partial charge is 0.287 e. The average molecular weight is 296 g/mol. The summed E-state index contributed by atoms with van der Waals surface area (Å²) in [7, 11) is 1.61. The monoisotopic (exact) mass is 296 g/mol. The van der Waals surface area contributed by atoms with Crippen molar-refractivity contribution in [3.8, 4) is 0 Å². The van der Waals surface area contributed by atoms with Gasteiger partial charge in [0.25, 0.3) is 11.6 Å². The van der Waals surface area contributed by atoms with Crippen molar-refractivity contribution in [3.63, 3.8) is 0 Å². The molecule has 0 radical (unpaired) electrons. The zero-order chi connectivity index (χ0) is 15.6. The second-order valence-electron chi connectivity index (χ2n) is 5.24. The fourth-order valence-electron chi connectivity index (χ4n) is 2.58. The lowest BCUT2D eigenvalue weighted by molar-refractivity contribution is -0.384. The van der Waals surface area contributed by atoms with Gasteiger partial charge in [-0.1, -0.05) is 6.92 Å². The Balaban J connectivity index is 2.26. The van der Waals surface area contributed by atoms with Crippen LogP contribution in [0.5, 0.6) is 0 Å². The molecule has 1 aliphatic rings. The van der Waals surface area contributed by atoms with Gasteiger partial charge >= 0.3 is 0 Å². The van der Waals surface area contributed by atoms with E-state index >= 15 is 0 Å². The largest absolute Gasteiger partial charge is 0.390 e. The van der Waals surface area contributed by atoms with Crippen LogP contribution in [0, 0.1) is 10.1 Å². The third-order valence-corrected chi connectivity index (χ3v) is 3.75. The summed E-state index contributed by atoms with van der Waals surface area (Å²) in [5, 5.41) is 23.8. The number of aryl methyl sites for hydroxylation is 1. The van der Waals surface area contributed by atoms with E-state index in [0.717, 1.165) is 6.42 Å². The van der Waals surface area contributed by atoms with Gasteiger partial charge in [0.2, 0.25) is 0 Å². The number of aromatic nitrogens is 1. The third-order valence-electron chi connectivity index (χ3n) is 3.75. The molecule has 0 aliphatic carbocycles. The zero-order valence-electron chi connectivity index (χ0n) is 12.2. The third kappa shape index (κ3) is 3.06. The van der Waals surface area contributed by atoms with Crippen LogP contribution in [0.1, 0.15) is 23.8 Å². The molecule has 1 aromatic rings. The molecule has 8 nitrogen and oxygen atoms in total. The van der Waals surface area contributed by atoms with Gasteiger partial charge in [-0.25, -0.2) is 0 Å². The number of nitrogens with one attached hydrogen (secondary N) is 1. The molecular formula is C13H20N4O4. The van der Waals surface area contributed by atoms with E-state index in [4.69, 9.17) is 0 Å². The van der Waals surface area contributed by atoms with Crippen molar-refractivity contribution in [1.29, 1.82) is 0 Å². The molecule has 116 valence electrons. The Labute approximate surface area is 122 Å². The predicted octanol–water partition coefficient (Wildman–Crippen LogP) is 0.211. The topological polar surface area (TPSA) is 101 Å².